The van der Waals surface area contributed by atoms with Crippen LogP contribution in [0.15, 0.2) is 48.5 Å². The monoisotopic (exact) mass is 632 g/mol. The van der Waals surface area contributed by atoms with Gasteiger partial charge in [-0.2, -0.15) is 0 Å². The number of hydrogen-bond donors (Lipinski definition) is 1. The van der Waals surface area contributed by atoms with Crippen LogP contribution < -0.4 is 10.1 Å². The number of nitrogens with one attached hydrogen (secondary N) is 1. The smallest absolute Gasteiger partial charge is 0.261 e. The molecular weight excluding hydrogens is 588 g/mol. The minimum atomic E-state index is -0.280. The Morgan fingerprint density at radius 1 is 0.556 bits per heavy atom. The first-order valence-corrected chi connectivity index (χ1v) is 15.1. The van der Waals surface area contributed by atoms with Gasteiger partial charge in [0.1, 0.15) is 12.4 Å². The van der Waals surface area contributed by atoms with Gasteiger partial charge in [0.15, 0.2) is 0 Å². The van der Waals surface area contributed by atoms with E-state index in [0.717, 1.165) is 5.69 Å². The van der Waals surface area contributed by atoms with Gasteiger partial charge in [-0.1, -0.05) is 12.1 Å². The third-order valence-electron chi connectivity index (χ3n) is 6.24. The summed E-state index contributed by atoms with van der Waals surface area (Å²) in [6, 6.07) is 14.0. The molecule has 1 aliphatic heterocycles. The van der Waals surface area contributed by atoms with Crippen molar-refractivity contribution in [3.63, 3.8) is 0 Å². The highest BCUT2D eigenvalue weighted by atomic mass is 16.6. The van der Waals surface area contributed by atoms with Crippen molar-refractivity contribution in [1.29, 1.82) is 0 Å². The summed E-state index contributed by atoms with van der Waals surface area (Å²) in [4.78, 5) is 36.8. The topological polar surface area (TPSA) is 140 Å². The molecule has 13 heteroatoms. The van der Waals surface area contributed by atoms with E-state index in [-0.39, 0.29) is 30.9 Å². The molecule has 13 nitrogen and oxygen atoms in total. The number of nitrogens with zero attached hydrogens (tertiary/aromatic N) is 1. The van der Waals surface area contributed by atoms with Gasteiger partial charge < -0.3 is 43.2 Å². The third kappa shape index (κ3) is 14.5. The maximum Gasteiger partial charge on any atom is 0.261 e. The molecule has 0 unspecified atom stereocenters. The van der Waals surface area contributed by atoms with Gasteiger partial charge in [-0.3, -0.25) is 19.3 Å². The Morgan fingerprint density at radius 3 is 1.33 bits per heavy atom. The SMILES string of the molecule is CC(=O)Nc1ccc(OCCOCCOCCOCCOCCOCCOCCOCCN2C(=O)c3ccccc3C2=O)cc1. The molecular formula is C32H44N2O11. The fourth-order valence-electron chi connectivity index (χ4n) is 4.08. The Kier molecular flexibility index (Phi) is 17.7. The number of amides is 3. The number of ether oxygens (including phenoxy) is 8. The van der Waals surface area contributed by atoms with E-state index in [1.165, 1.54) is 11.8 Å². The van der Waals surface area contributed by atoms with Crippen LogP contribution in [0, 0.1) is 0 Å². The summed E-state index contributed by atoms with van der Waals surface area (Å²) >= 11 is 0. The average molecular weight is 633 g/mol. The molecule has 0 spiro atoms. The Morgan fingerprint density at radius 2 is 0.933 bits per heavy atom. The van der Waals surface area contributed by atoms with E-state index in [4.69, 9.17) is 37.9 Å². The second-order valence-corrected chi connectivity index (χ2v) is 9.65. The summed E-state index contributed by atoms with van der Waals surface area (Å²) in [7, 11) is 0. The molecule has 3 rings (SSSR count). The van der Waals surface area contributed by atoms with E-state index in [0.29, 0.717) is 109 Å². The molecule has 2 aromatic carbocycles. The lowest BCUT2D eigenvalue weighted by molar-refractivity contribution is -0.114. The predicted molar refractivity (Wildman–Crippen MR) is 164 cm³/mol. The lowest BCUT2D eigenvalue weighted by atomic mass is 10.1. The highest BCUT2D eigenvalue weighted by molar-refractivity contribution is 6.21. The first-order valence-electron chi connectivity index (χ1n) is 15.1. The van der Waals surface area contributed by atoms with Gasteiger partial charge in [0, 0.05) is 12.6 Å². The number of carbonyl (C=O) groups is 3. The van der Waals surface area contributed by atoms with E-state index in [9.17, 15) is 14.4 Å². The van der Waals surface area contributed by atoms with E-state index in [1.54, 1.807) is 48.5 Å². The van der Waals surface area contributed by atoms with Crippen LogP contribution in [0.3, 0.4) is 0 Å². The number of rotatable bonds is 26. The number of fused-ring (bicyclic) bond motifs is 1. The largest absolute Gasteiger partial charge is 0.491 e. The summed E-state index contributed by atoms with van der Waals surface area (Å²) in [6.07, 6.45) is 0. The van der Waals surface area contributed by atoms with Crippen LogP contribution in [0.2, 0.25) is 0 Å². The van der Waals surface area contributed by atoms with E-state index < -0.39 is 0 Å². The Labute approximate surface area is 263 Å². The zero-order valence-electron chi connectivity index (χ0n) is 25.9. The summed E-state index contributed by atoms with van der Waals surface area (Å²) in [6.45, 7) is 8.17. The van der Waals surface area contributed by atoms with Gasteiger partial charge >= 0.3 is 0 Å². The second kappa shape index (κ2) is 22.1. The van der Waals surface area contributed by atoms with Crippen molar-refractivity contribution >= 4 is 23.4 Å². The van der Waals surface area contributed by atoms with E-state index in [2.05, 4.69) is 5.32 Å². The molecule has 1 heterocycles. The standard InChI is InChI=1S/C32H44N2O11/c1-26(35)33-27-6-8-28(9-7-27)45-25-24-44-23-22-43-21-20-42-19-18-41-17-16-40-15-14-39-13-12-38-11-10-34-31(36)29-4-2-3-5-30(29)32(34)37/h2-9H,10-25H2,1H3,(H,33,35). The Bertz CT molecular complexity index is 1110. The fourth-order valence-corrected chi connectivity index (χ4v) is 4.08. The zero-order valence-corrected chi connectivity index (χ0v) is 25.9. The van der Waals surface area contributed by atoms with Crippen molar-refractivity contribution in [2.24, 2.45) is 0 Å². The van der Waals surface area contributed by atoms with Crippen molar-refractivity contribution in [3.8, 4) is 5.75 Å². The number of hydrogen-bond acceptors (Lipinski definition) is 11. The van der Waals surface area contributed by atoms with Gasteiger partial charge in [0.25, 0.3) is 11.8 Å². The predicted octanol–water partition coefficient (Wildman–Crippen LogP) is 2.44. The van der Waals surface area contributed by atoms with Gasteiger partial charge in [-0.25, -0.2) is 0 Å². The minimum Gasteiger partial charge on any atom is -0.491 e. The molecule has 0 aliphatic carbocycles. The molecule has 1 aliphatic rings. The van der Waals surface area contributed by atoms with Crippen molar-refractivity contribution in [2.45, 2.75) is 6.92 Å². The van der Waals surface area contributed by atoms with E-state index >= 15 is 0 Å². The van der Waals surface area contributed by atoms with Crippen LogP contribution in [0.5, 0.6) is 5.75 Å². The Hall–Kier alpha value is -3.43. The van der Waals surface area contributed by atoms with Crippen LogP contribution in [0.4, 0.5) is 5.69 Å². The molecule has 3 amide bonds. The summed E-state index contributed by atoms with van der Waals surface area (Å²) < 4.78 is 43.9. The highest BCUT2D eigenvalue weighted by Gasteiger charge is 2.34. The molecule has 248 valence electrons. The number of imide groups is 1. The molecule has 2 aromatic rings. The van der Waals surface area contributed by atoms with Gasteiger partial charge in [-0.05, 0) is 36.4 Å². The van der Waals surface area contributed by atoms with Crippen LogP contribution in [-0.2, 0) is 38.0 Å². The molecule has 0 saturated carbocycles. The van der Waals surface area contributed by atoms with Crippen LogP contribution in [-0.4, -0.2) is 128 Å². The molecule has 0 bridgehead atoms. The summed E-state index contributed by atoms with van der Waals surface area (Å²) in [5, 5.41) is 2.70. The molecule has 0 radical (unpaired) electrons. The fraction of sp³-hybridized carbons (Fsp3) is 0.531. The zero-order chi connectivity index (χ0) is 32.0. The summed E-state index contributed by atoms with van der Waals surface area (Å²) in [5.74, 6) is 0.0345. The maximum atomic E-state index is 12.3. The van der Waals surface area contributed by atoms with Crippen molar-refractivity contribution < 1.29 is 52.3 Å². The summed E-state index contributed by atoms with van der Waals surface area (Å²) in [5.41, 5.74) is 1.60. The first-order chi connectivity index (χ1) is 22.1. The highest BCUT2D eigenvalue weighted by Crippen LogP contribution is 2.22. The van der Waals surface area contributed by atoms with E-state index in [1.807, 2.05) is 0 Å². The normalized spacial score (nSPS) is 12.5. The van der Waals surface area contributed by atoms with Crippen molar-refractivity contribution in [3.05, 3.63) is 59.7 Å². The van der Waals surface area contributed by atoms with Crippen LogP contribution in [0.1, 0.15) is 27.6 Å². The van der Waals surface area contributed by atoms with Crippen LogP contribution >= 0.6 is 0 Å². The molecule has 0 saturated heterocycles. The molecule has 0 fully saturated rings. The third-order valence-corrected chi connectivity index (χ3v) is 6.24. The first kappa shape index (κ1) is 36.0. The molecule has 0 aromatic heterocycles. The average Bonchev–Trinajstić information content (AvgIpc) is 3.28. The maximum absolute atomic E-state index is 12.3. The van der Waals surface area contributed by atoms with Crippen molar-refractivity contribution in [2.75, 3.05) is 111 Å². The Balaban J connectivity index is 0.978. The number of carbonyl (C=O) groups excluding carboxylic acids is 3. The molecule has 1 N–H and O–H groups in total. The molecule has 0 atom stereocenters. The van der Waals surface area contributed by atoms with Gasteiger partial charge in [0.05, 0.1) is 110 Å². The number of benzene rings is 2. The lowest BCUT2D eigenvalue weighted by Crippen LogP contribution is -2.33. The van der Waals surface area contributed by atoms with Gasteiger partial charge in [-0.15, -0.1) is 0 Å². The van der Waals surface area contributed by atoms with Crippen LogP contribution in [0.25, 0.3) is 0 Å². The van der Waals surface area contributed by atoms with Crippen molar-refractivity contribution in [1.82, 2.24) is 4.90 Å². The lowest BCUT2D eigenvalue weighted by Gasteiger charge is -2.13. The van der Waals surface area contributed by atoms with Gasteiger partial charge in [0.2, 0.25) is 5.91 Å². The minimum absolute atomic E-state index is 0.114. The molecule has 45 heavy (non-hydrogen) atoms. The quantitative estimate of drug-likeness (QED) is 0.121. The second-order valence-electron chi connectivity index (χ2n) is 9.65. The number of anilines is 1.